The third-order valence-electron chi connectivity index (χ3n) is 5.85. The quantitative estimate of drug-likeness (QED) is 0.774. The number of rotatable bonds is 6. The van der Waals surface area contributed by atoms with E-state index in [2.05, 4.69) is 67.3 Å². The Morgan fingerprint density at radius 2 is 1.76 bits per heavy atom. The molecule has 2 aromatic rings. The maximum absolute atomic E-state index is 9.45. The van der Waals surface area contributed by atoms with Gasteiger partial charge in [-0.3, -0.25) is 0 Å². The van der Waals surface area contributed by atoms with Crippen LogP contribution in [0.4, 0.5) is 5.69 Å². The summed E-state index contributed by atoms with van der Waals surface area (Å²) in [4.78, 5) is 2.55. The molecule has 25 heavy (non-hydrogen) atoms. The zero-order chi connectivity index (χ0) is 17.6. The van der Waals surface area contributed by atoms with Gasteiger partial charge in [-0.05, 0) is 60.8 Å². The molecule has 1 heterocycles. The van der Waals surface area contributed by atoms with Crippen molar-refractivity contribution in [3.8, 4) is 11.1 Å². The van der Waals surface area contributed by atoms with Crippen molar-refractivity contribution >= 4 is 5.69 Å². The molecular weight excluding hydrogens is 306 g/mol. The van der Waals surface area contributed by atoms with Crippen molar-refractivity contribution in [2.75, 3.05) is 24.6 Å². The van der Waals surface area contributed by atoms with Gasteiger partial charge in [-0.2, -0.15) is 0 Å². The van der Waals surface area contributed by atoms with E-state index in [4.69, 9.17) is 0 Å². The number of piperidine rings is 1. The summed E-state index contributed by atoms with van der Waals surface area (Å²) >= 11 is 0. The molecule has 0 saturated carbocycles. The van der Waals surface area contributed by atoms with Crippen LogP contribution in [0, 0.1) is 18.8 Å². The molecule has 3 rings (SSSR count). The lowest BCUT2D eigenvalue weighted by Crippen LogP contribution is -2.35. The van der Waals surface area contributed by atoms with Crippen molar-refractivity contribution < 1.29 is 5.11 Å². The van der Waals surface area contributed by atoms with Crippen molar-refractivity contribution in [2.24, 2.45) is 11.8 Å². The Kier molecular flexibility index (Phi) is 6.14. The second kappa shape index (κ2) is 8.53. The van der Waals surface area contributed by atoms with Gasteiger partial charge in [0.1, 0.15) is 0 Å². The molecule has 1 N–H and O–H groups in total. The van der Waals surface area contributed by atoms with Crippen LogP contribution in [0.3, 0.4) is 0 Å². The van der Waals surface area contributed by atoms with Gasteiger partial charge in [0.25, 0.3) is 0 Å². The van der Waals surface area contributed by atoms with Gasteiger partial charge in [0.05, 0.1) is 0 Å². The van der Waals surface area contributed by atoms with E-state index < -0.39 is 0 Å². The first kappa shape index (κ1) is 18.0. The number of benzene rings is 2. The monoisotopic (exact) mass is 337 g/mol. The first-order valence-electron chi connectivity index (χ1n) is 9.73. The summed E-state index contributed by atoms with van der Waals surface area (Å²) < 4.78 is 0. The summed E-state index contributed by atoms with van der Waals surface area (Å²) in [6.07, 6.45) is 4.76. The first-order valence-corrected chi connectivity index (χ1v) is 9.73. The second-order valence-electron chi connectivity index (χ2n) is 7.44. The maximum atomic E-state index is 9.45. The van der Waals surface area contributed by atoms with Crippen LogP contribution in [-0.2, 0) is 0 Å². The normalized spacial score (nSPS) is 16.8. The van der Waals surface area contributed by atoms with Crippen LogP contribution in [0.5, 0.6) is 0 Å². The molecule has 0 bridgehead atoms. The van der Waals surface area contributed by atoms with E-state index in [-0.39, 0.29) is 0 Å². The van der Waals surface area contributed by atoms with Gasteiger partial charge in [-0.25, -0.2) is 0 Å². The third-order valence-corrected chi connectivity index (χ3v) is 5.85. The molecule has 2 nitrogen and oxygen atoms in total. The molecule has 1 fully saturated rings. The van der Waals surface area contributed by atoms with Crippen molar-refractivity contribution in [3.63, 3.8) is 0 Å². The summed E-state index contributed by atoms with van der Waals surface area (Å²) in [6, 6.07) is 17.4. The summed E-state index contributed by atoms with van der Waals surface area (Å²) in [5.74, 6) is 1.26. The van der Waals surface area contributed by atoms with Crippen LogP contribution < -0.4 is 4.90 Å². The Hall–Kier alpha value is -1.80. The minimum Gasteiger partial charge on any atom is -0.396 e. The highest BCUT2D eigenvalue weighted by molar-refractivity contribution is 5.74. The lowest BCUT2D eigenvalue weighted by molar-refractivity contribution is 0.187. The highest BCUT2D eigenvalue weighted by atomic mass is 16.3. The number of aliphatic hydroxyl groups is 1. The van der Waals surface area contributed by atoms with Gasteiger partial charge in [-0.1, -0.05) is 55.8 Å². The predicted octanol–water partition coefficient (Wildman–Crippen LogP) is 5.29. The van der Waals surface area contributed by atoms with Crippen LogP contribution >= 0.6 is 0 Å². The van der Waals surface area contributed by atoms with E-state index in [1.54, 1.807) is 0 Å². The highest BCUT2D eigenvalue weighted by Crippen LogP contribution is 2.34. The third kappa shape index (κ3) is 4.24. The van der Waals surface area contributed by atoms with Crippen LogP contribution in [0.2, 0.25) is 0 Å². The predicted molar refractivity (Wildman–Crippen MR) is 107 cm³/mol. The molecule has 0 amide bonds. The molecule has 0 aliphatic carbocycles. The van der Waals surface area contributed by atoms with E-state index >= 15 is 0 Å². The Balaban J connectivity index is 1.70. The summed E-state index contributed by atoms with van der Waals surface area (Å²) in [6.45, 7) is 7.04. The van der Waals surface area contributed by atoms with Crippen molar-refractivity contribution in [1.82, 2.24) is 0 Å². The standard InChI is InChI=1S/C23H31NO/c1-3-19(17-25)16-20-12-14-24(15-13-20)23-11-7-10-22(18(23)2)21-8-5-4-6-9-21/h4-11,19-20,25H,3,12-17H2,1-2H3/t19-/m0/s1. The van der Waals surface area contributed by atoms with E-state index in [0.29, 0.717) is 12.5 Å². The number of aliphatic hydroxyl groups excluding tert-OH is 1. The number of hydrogen-bond donors (Lipinski definition) is 1. The highest BCUT2D eigenvalue weighted by Gasteiger charge is 2.23. The van der Waals surface area contributed by atoms with E-state index in [1.807, 2.05) is 0 Å². The summed E-state index contributed by atoms with van der Waals surface area (Å²) in [5, 5.41) is 9.45. The SMILES string of the molecule is CC[C@H](CO)CC1CCN(c2cccc(-c3ccccc3)c2C)CC1. The average molecular weight is 338 g/mol. The number of hydrogen-bond acceptors (Lipinski definition) is 2. The van der Waals surface area contributed by atoms with Crippen molar-refractivity contribution in [3.05, 3.63) is 54.1 Å². The summed E-state index contributed by atoms with van der Waals surface area (Å²) in [5.41, 5.74) is 5.40. The molecule has 0 spiro atoms. The van der Waals surface area contributed by atoms with Gasteiger partial charge in [0, 0.05) is 25.4 Å². The van der Waals surface area contributed by atoms with Crippen molar-refractivity contribution in [1.29, 1.82) is 0 Å². The smallest absolute Gasteiger partial charge is 0.0459 e. The van der Waals surface area contributed by atoms with Gasteiger partial charge >= 0.3 is 0 Å². The fourth-order valence-corrected chi connectivity index (χ4v) is 4.15. The second-order valence-corrected chi connectivity index (χ2v) is 7.44. The molecule has 2 heteroatoms. The fourth-order valence-electron chi connectivity index (χ4n) is 4.15. The zero-order valence-corrected chi connectivity index (χ0v) is 15.6. The number of anilines is 1. The van der Waals surface area contributed by atoms with Crippen LogP contribution in [0.1, 0.15) is 38.2 Å². The maximum Gasteiger partial charge on any atom is 0.0459 e. The molecule has 2 aromatic carbocycles. The Morgan fingerprint density at radius 3 is 2.40 bits per heavy atom. The largest absolute Gasteiger partial charge is 0.396 e. The lowest BCUT2D eigenvalue weighted by atomic mass is 9.86. The van der Waals surface area contributed by atoms with Gasteiger partial charge in [-0.15, -0.1) is 0 Å². The van der Waals surface area contributed by atoms with E-state index in [9.17, 15) is 5.11 Å². The molecule has 0 radical (unpaired) electrons. The zero-order valence-electron chi connectivity index (χ0n) is 15.6. The Labute approximate surface area is 152 Å². The molecule has 0 aromatic heterocycles. The molecule has 1 aliphatic rings. The minimum absolute atomic E-state index is 0.342. The van der Waals surface area contributed by atoms with Crippen LogP contribution in [-0.4, -0.2) is 24.8 Å². The first-order chi connectivity index (χ1) is 12.2. The average Bonchev–Trinajstić information content (AvgIpc) is 2.67. The van der Waals surface area contributed by atoms with Crippen LogP contribution in [0.15, 0.2) is 48.5 Å². The topological polar surface area (TPSA) is 23.5 Å². The molecule has 134 valence electrons. The molecule has 1 saturated heterocycles. The van der Waals surface area contributed by atoms with Crippen molar-refractivity contribution in [2.45, 2.75) is 39.5 Å². The Bertz CT molecular complexity index is 655. The van der Waals surface area contributed by atoms with Crippen LogP contribution in [0.25, 0.3) is 11.1 Å². The lowest BCUT2D eigenvalue weighted by Gasteiger charge is -2.36. The van der Waals surface area contributed by atoms with Gasteiger partial charge < -0.3 is 10.0 Å². The molecule has 1 atom stereocenters. The van der Waals surface area contributed by atoms with Gasteiger partial charge in [0.15, 0.2) is 0 Å². The molecule has 1 aliphatic heterocycles. The minimum atomic E-state index is 0.342. The summed E-state index contributed by atoms with van der Waals surface area (Å²) in [7, 11) is 0. The fraction of sp³-hybridized carbons (Fsp3) is 0.478. The van der Waals surface area contributed by atoms with E-state index in [0.717, 1.165) is 25.4 Å². The number of nitrogens with zero attached hydrogens (tertiary/aromatic N) is 1. The molecular formula is C23H31NO. The van der Waals surface area contributed by atoms with E-state index in [1.165, 1.54) is 41.6 Å². The van der Waals surface area contributed by atoms with Gasteiger partial charge in [0.2, 0.25) is 0 Å². The molecule has 0 unspecified atom stereocenters. The Morgan fingerprint density at radius 1 is 1.04 bits per heavy atom.